The normalized spacial score (nSPS) is 13.0. The first-order valence-corrected chi connectivity index (χ1v) is 7.91. The number of fused-ring (bicyclic) bond motifs is 1. The monoisotopic (exact) mass is 305 g/mol. The molecule has 0 radical (unpaired) electrons. The second-order valence-electron chi connectivity index (χ2n) is 4.68. The van der Waals surface area contributed by atoms with Crippen LogP contribution in [0, 0.1) is 11.3 Å². The summed E-state index contributed by atoms with van der Waals surface area (Å²) in [6.07, 6.45) is 0.0565. The standard InChI is InChI=1S/C15H15NO4S/c1-2-13(15(17)18)14(16)21(19,20)12-8-7-10-5-3-4-6-11(10)9-12/h3-9,13,16H,2H2,1H3,(H,17,18)/t13-/m1/s1. The van der Waals surface area contributed by atoms with Gasteiger partial charge in [-0.25, -0.2) is 8.42 Å². The quantitative estimate of drug-likeness (QED) is 0.670. The first kappa shape index (κ1) is 15.2. The van der Waals surface area contributed by atoms with Crippen molar-refractivity contribution >= 4 is 31.6 Å². The first-order valence-electron chi connectivity index (χ1n) is 6.43. The summed E-state index contributed by atoms with van der Waals surface area (Å²) in [6.45, 7) is 1.54. The Hall–Kier alpha value is -2.21. The van der Waals surface area contributed by atoms with Gasteiger partial charge in [-0.3, -0.25) is 10.2 Å². The molecular weight excluding hydrogens is 290 g/mol. The first-order chi connectivity index (χ1) is 9.87. The molecule has 2 aromatic carbocycles. The highest BCUT2D eigenvalue weighted by Crippen LogP contribution is 2.23. The van der Waals surface area contributed by atoms with Crippen molar-refractivity contribution in [1.82, 2.24) is 0 Å². The number of rotatable bonds is 4. The molecule has 1 atom stereocenters. The van der Waals surface area contributed by atoms with Gasteiger partial charge in [-0.2, -0.15) is 0 Å². The molecule has 0 heterocycles. The minimum absolute atomic E-state index is 0.0501. The number of aliphatic carboxylic acids is 1. The second kappa shape index (κ2) is 5.65. The fourth-order valence-electron chi connectivity index (χ4n) is 2.12. The maximum absolute atomic E-state index is 12.4. The fourth-order valence-corrected chi connectivity index (χ4v) is 3.55. The SMILES string of the molecule is CC[C@H](C(=N)S(=O)(=O)c1ccc2ccccc2c1)C(=O)O. The number of hydrogen-bond acceptors (Lipinski definition) is 4. The minimum atomic E-state index is -4.08. The van der Waals surface area contributed by atoms with Gasteiger partial charge in [0.2, 0.25) is 9.84 Å². The third kappa shape index (κ3) is 2.80. The molecule has 0 aliphatic carbocycles. The van der Waals surface area contributed by atoms with E-state index in [0.29, 0.717) is 0 Å². The van der Waals surface area contributed by atoms with Crippen LogP contribution in [0.2, 0.25) is 0 Å². The Morgan fingerprint density at radius 1 is 1.19 bits per heavy atom. The van der Waals surface area contributed by atoms with Gasteiger partial charge in [0, 0.05) is 0 Å². The van der Waals surface area contributed by atoms with Crippen molar-refractivity contribution in [1.29, 1.82) is 5.41 Å². The van der Waals surface area contributed by atoms with Gasteiger partial charge in [-0.05, 0) is 29.3 Å². The van der Waals surface area contributed by atoms with E-state index in [2.05, 4.69) is 0 Å². The van der Waals surface area contributed by atoms with Crippen molar-refractivity contribution in [3.05, 3.63) is 42.5 Å². The van der Waals surface area contributed by atoms with E-state index in [0.717, 1.165) is 10.8 Å². The number of carbonyl (C=O) groups is 1. The predicted molar refractivity (Wildman–Crippen MR) is 80.3 cm³/mol. The molecule has 0 aliphatic rings. The Kier molecular flexibility index (Phi) is 4.09. The molecule has 0 fully saturated rings. The molecule has 2 aromatic rings. The molecule has 0 saturated heterocycles. The fraction of sp³-hybridized carbons (Fsp3) is 0.200. The van der Waals surface area contributed by atoms with Crippen LogP contribution in [0.5, 0.6) is 0 Å². The molecule has 0 unspecified atom stereocenters. The van der Waals surface area contributed by atoms with Gasteiger partial charge in [-0.15, -0.1) is 0 Å². The van der Waals surface area contributed by atoms with Gasteiger partial charge in [0.15, 0.2) is 0 Å². The zero-order valence-electron chi connectivity index (χ0n) is 11.4. The van der Waals surface area contributed by atoms with Crippen LogP contribution in [-0.4, -0.2) is 24.5 Å². The lowest BCUT2D eigenvalue weighted by molar-refractivity contribution is -0.139. The minimum Gasteiger partial charge on any atom is -0.481 e. The summed E-state index contributed by atoms with van der Waals surface area (Å²) in [6, 6.07) is 11.8. The molecule has 0 aromatic heterocycles. The molecule has 6 heteroatoms. The molecule has 21 heavy (non-hydrogen) atoms. The highest BCUT2D eigenvalue weighted by Gasteiger charge is 2.32. The van der Waals surface area contributed by atoms with E-state index in [1.54, 1.807) is 25.1 Å². The van der Waals surface area contributed by atoms with E-state index < -0.39 is 26.8 Å². The van der Waals surface area contributed by atoms with Gasteiger partial charge < -0.3 is 5.11 Å². The highest BCUT2D eigenvalue weighted by atomic mass is 32.2. The molecule has 0 aliphatic heterocycles. The van der Waals surface area contributed by atoms with Crippen LogP contribution in [0.4, 0.5) is 0 Å². The van der Waals surface area contributed by atoms with Crippen LogP contribution in [0.15, 0.2) is 47.4 Å². The molecule has 0 amide bonds. The van der Waals surface area contributed by atoms with Crippen molar-refractivity contribution < 1.29 is 18.3 Å². The van der Waals surface area contributed by atoms with Crippen molar-refractivity contribution in [2.75, 3.05) is 0 Å². The van der Waals surface area contributed by atoms with Crippen LogP contribution in [0.25, 0.3) is 10.8 Å². The maximum Gasteiger partial charge on any atom is 0.313 e. The lowest BCUT2D eigenvalue weighted by atomic mass is 10.1. The van der Waals surface area contributed by atoms with E-state index in [-0.39, 0.29) is 11.3 Å². The largest absolute Gasteiger partial charge is 0.481 e. The van der Waals surface area contributed by atoms with Gasteiger partial charge >= 0.3 is 5.97 Å². The molecule has 5 nitrogen and oxygen atoms in total. The Balaban J connectivity index is 2.51. The second-order valence-corrected chi connectivity index (χ2v) is 6.59. The zero-order valence-corrected chi connectivity index (χ0v) is 12.2. The highest BCUT2D eigenvalue weighted by molar-refractivity contribution is 8.06. The van der Waals surface area contributed by atoms with E-state index >= 15 is 0 Å². The number of benzene rings is 2. The molecule has 0 saturated carbocycles. The van der Waals surface area contributed by atoms with Gasteiger partial charge in [-0.1, -0.05) is 37.3 Å². The summed E-state index contributed by atoms with van der Waals surface area (Å²) in [5.41, 5.74) is 0. The Bertz CT molecular complexity index is 811. The van der Waals surface area contributed by atoms with Crippen LogP contribution >= 0.6 is 0 Å². The zero-order chi connectivity index (χ0) is 15.6. The van der Waals surface area contributed by atoms with Gasteiger partial charge in [0.05, 0.1) is 4.90 Å². The van der Waals surface area contributed by atoms with Crippen LogP contribution in [0.3, 0.4) is 0 Å². The topological polar surface area (TPSA) is 95.3 Å². The lowest BCUT2D eigenvalue weighted by Gasteiger charge is -2.12. The molecule has 110 valence electrons. The maximum atomic E-state index is 12.4. The number of hydrogen-bond donors (Lipinski definition) is 2. The van der Waals surface area contributed by atoms with E-state index in [9.17, 15) is 13.2 Å². The number of carboxylic acids is 1. The average Bonchev–Trinajstić information content (AvgIpc) is 2.46. The lowest BCUT2D eigenvalue weighted by Crippen LogP contribution is -2.29. The summed E-state index contributed by atoms with van der Waals surface area (Å²) < 4.78 is 24.8. The third-order valence-electron chi connectivity index (χ3n) is 3.34. The number of carboxylic acid groups (broad SMARTS) is 1. The summed E-state index contributed by atoms with van der Waals surface area (Å²) in [5.74, 6) is -2.62. The summed E-state index contributed by atoms with van der Waals surface area (Å²) in [5, 5.41) is 17.6. The smallest absolute Gasteiger partial charge is 0.313 e. The van der Waals surface area contributed by atoms with E-state index in [1.807, 2.05) is 12.1 Å². The average molecular weight is 305 g/mol. The van der Waals surface area contributed by atoms with E-state index in [1.165, 1.54) is 12.1 Å². The van der Waals surface area contributed by atoms with Crippen molar-refractivity contribution in [2.45, 2.75) is 18.2 Å². The van der Waals surface area contributed by atoms with Crippen molar-refractivity contribution in [3.8, 4) is 0 Å². The van der Waals surface area contributed by atoms with Crippen molar-refractivity contribution in [2.24, 2.45) is 5.92 Å². The van der Waals surface area contributed by atoms with Crippen LogP contribution < -0.4 is 0 Å². The molecule has 0 bridgehead atoms. The van der Waals surface area contributed by atoms with Crippen molar-refractivity contribution in [3.63, 3.8) is 0 Å². The molecule has 0 spiro atoms. The van der Waals surface area contributed by atoms with Gasteiger partial charge in [0.25, 0.3) is 0 Å². The van der Waals surface area contributed by atoms with E-state index in [4.69, 9.17) is 10.5 Å². The molecule has 2 N–H and O–H groups in total. The number of sulfone groups is 1. The van der Waals surface area contributed by atoms with Crippen LogP contribution in [0.1, 0.15) is 13.3 Å². The summed E-state index contributed by atoms with van der Waals surface area (Å²) >= 11 is 0. The third-order valence-corrected chi connectivity index (χ3v) is 5.08. The summed E-state index contributed by atoms with van der Waals surface area (Å²) in [7, 11) is -4.08. The summed E-state index contributed by atoms with van der Waals surface area (Å²) in [4.78, 5) is 11.0. The Labute approximate surface area is 122 Å². The van der Waals surface area contributed by atoms with Gasteiger partial charge in [0.1, 0.15) is 11.0 Å². The Morgan fingerprint density at radius 2 is 1.81 bits per heavy atom. The van der Waals surface area contributed by atoms with Crippen LogP contribution in [-0.2, 0) is 14.6 Å². The Morgan fingerprint density at radius 3 is 2.38 bits per heavy atom. The molecular formula is C15H15NO4S. The molecule has 2 rings (SSSR count). The predicted octanol–water partition coefficient (Wildman–Crippen LogP) is 2.70. The number of nitrogens with one attached hydrogen (secondary N) is 1.